The summed E-state index contributed by atoms with van der Waals surface area (Å²) >= 11 is 3.30. The lowest BCUT2D eigenvalue weighted by molar-refractivity contribution is -0.141. The Hall–Kier alpha value is -1.86. The van der Waals surface area contributed by atoms with Gasteiger partial charge in [-0.2, -0.15) is 0 Å². The van der Waals surface area contributed by atoms with Gasteiger partial charge in [0.15, 0.2) is 0 Å². The number of nitrogens with one attached hydrogen (secondary N) is 1. The Morgan fingerprint density at radius 1 is 1.29 bits per heavy atom. The maximum Gasteiger partial charge on any atom is 0.308 e. The summed E-state index contributed by atoms with van der Waals surface area (Å²) in [5.74, 6) is -1.03. The molecule has 1 heterocycles. The van der Waals surface area contributed by atoms with Gasteiger partial charge >= 0.3 is 5.97 Å². The number of carbonyl (C=O) groups excluding carboxylic acids is 1. The summed E-state index contributed by atoms with van der Waals surface area (Å²) in [7, 11) is 0. The van der Waals surface area contributed by atoms with E-state index in [0.29, 0.717) is 5.56 Å². The Bertz CT molecular complexity index is 713. The molecule has 7 heteroatoms. The van der Waals surface area contributed by atoms with Crippen LogP contribution < -0.4 is 5.32 Å². The van der Waals surface area contributed by atoms with Crippen LogP contribution in [0.2, 0.25) is 0 Å². The molecule has 2 aromatic rings. The van der Waals surface area contributed by atoms with Crippen LogP contribution in [0.15, 0.2) is 34.5 Å². The first-order chi connectivity index (χ1) is 11.4. The van der Waals surface area contributed by atoms with Crippen LogP contribution in [0.5, 0.6) is 0 Å². The molecule has 128 valence electrons. The van der Waals surface area contributed by atoms with Crippen molar-refractivity contribution in [1.82, 2.24) is 10.3 Å². The highest BCUT2D eigenvalue weighted by atomic mass is 32.2. The Kier molecular flexibility index (Phi) is 6.39. The zero-order valence-corrected chi connectivity index (χ0v) is 15.4. The van der Waals surface area contributed by atoms with Gasteiger partial charge in [0, 0.05) is 27.6 Å². The van der Waals surface area contributed by atoms with Gasteiger partial charge in [0.25, 0.3) is 5.91 Å². The van der Waals surface area contributed by atoms with Crippen LogP contribution in [0.25, 0.3) is 0 Å². The molecule has 2 unspecified atom stereocenters. The van der Waals surface area contributed by atoms with Gasteiger partial charge in [0.2, 0.25) is 0 Å². The van der Waals surface area contributed by atoms with Crippen LogP contribution in [0.3, 0.4) is 0 Å². The first-order valence-electron chi connectivity index (χ1n) is 7.54. The van der Waals surface area contributed by atoms with E-state index in [0.717, 1.165) is 21.3 Å². The van der Waals surface area contributed by atoms with Crippen molar-refractivity contribution < 1.29 is 14.7 Å². The molecule has 5 nitrogen and oxygen atoms in total. The zero-order chi connectivity index (χ0) is 17.7. The lowest BCUT2D eigenvalue weighted by Crippen LogP contribution is -2.40. The summed E-state index contributed by atoms with van der Waals surface area (Å²) < 4.78 is 0. The number of benzene rings is 1. The average Bonchev–Trinajstić information content (AvgIpc) is 2.97. The minimum absolute atomic E-state index is 0.262. The number of thiazole rings is 1. The number of carboxylic acid groups (broad SMARTS) is 1. The third kappa shape index (κ3) is 5.07. The number of thioether (sulfide) groups is 1. The summed E-state index contributed by atoms with van der Waals surface area (Å²) in [5, 5.41) is 14.8. The second-order valence-electron chi connectivity index (χ2n) is 5.56. The van der Waals surface area contributed by atoms with Crippen LogP contribution >= 0.6 is 23.1 Å². The van der Waals surface area contributed by atoms with Gasteiger partial charge in [-0.3, -0.25) is 9.59 Å². The molecule has 0 spiro atoms. The van der Waals surface area contributed by atoms with E-state index < -0.39 is 17.9 Å². The Morgan fingerprint density at radius 3 is 2.50 bits per heavy atom. The van der Waals surface area contributed by atoms with Gasteiger partial charge in [-0.25, -0.2) is 4.98 Å². The number of hydrogen-bond acceptors (Lipinski definition) is 5. The van der Waals surface area contributed by atoms with E-state index >= 15 is 0 Å². The molecular weight excluding hydrogens is 344 g/mol. The van der Waals surface area contributed by atoms with Gasteiger partial charge in [0.1, 0.15) is 0 Å². The standard InChI is InChI=1S/C17H20N2O3S2/c1-10(17(21)22)11(2)18-16(20)13-4-6-15(7-5-13)24-9-14-8-23-12(3)19-14/h4-8,10-11H,9H2,1-3H3,(H,18,20)(H,21,22). The minimum Gasteiger partial charge on any atom is -0.481 e. The maximum absolute atomic E-state index is 12.2. The minimum atomic E-state index is -0.924. The molecular formula is C17H20N2O3S2. The Balaban J connectivity index is 1.91. The molecule has 0 aliphatic rings. The molecule has 0 saturated carbocycles. The maximum atomic E-state index is 12.2. The molecule has 0 saturated heterocycles. The van der Waals surface area contributed by atoms with Crippen molar-refractivity contribution in [3.8, 4) is 0 Å². The largest absolute Gasteiger partial charge is 0.481 e. The monoisotopic (exact) mass is 364 g/mol. The molecule has 0 bridgehead atoms. The molecule has 0 aliphatic heterocycles. The summed E-state index contributed by atoms with van der Waals surface area (Å²) in [5.41, 5.74) is 1.58. The van der Waals surface area contributed by atoms with Crippen molar-refractivity contribution in [2.45, 2.75) is 37.5 Å². The summed E-state index contributed by atoms with van der Waals surface area (Å²) in [6.45, 7) is 5.25. The highest BCUT2D eigenvalue weighted by Crippen LogP contribution is 2.24. The van der Waals surface area contributed by atoms with Crippen LogP contribution in [0.4, 0.5) is 0 Å². The predicted molar refractivity (Wildman–Crippen MR) is 96.6 cm³/mol. The highest BCUT2D eigenvalue weighted by Gasteiger charge is 2.21. The molecule has 24 heavy (non-hydrogen) atoms. The smallest absolute Gasteiger partial charge is 0.308 e. The van der Waals surface area contributed by atoms with Gasteiger partial charge in [-0.15, -0.1) is 23.1 Å². The first kappa shape index (κ1) is 18.5. The van der Waals surface area contributed by atoms with E-state index in [1.165, 1.54) is 0 Å². The number of aromatic nitrogens is 1. The molecule has 1 aromatic carbocycles. The van der Waals surface area contributed by atoms with Crippen molar-refractivity contribution in [2.24, 2.45) is 5.92 Å². The lowest BCUT2D eigenvalue weighted by atomic mass is 10.0. The van der Waals surface area contributed by atoms with Crippen LogP contribution in [0.1, 0.15) is 34.9 Å². The second-order valence-corrected chi connectivity index (χ2v) is 7.67. The first-order valence-corrected chi connectivity index (χ1v) is 9.41. The summed E-state index contributed by atoms with van der Waals surface area (Å²) in [6, 6.07) is 6.86. The predicted octanol–water partition coefficient (Wildman–Crippen LogP) is 3.58. The molecule has 0 aliphatic carbocycles. The fraction of sp³-hybridized carbons (Fsp3) is 0.353. The van der Waals surface area contributed by atoms with Gasteiger partial charge in [0.05, 0.1) is 16.6 Å². The number of hydrogen-bond donors (Lipinski definition) is 2. The van der Waals surface area contributed by atoms with E-state index in [-0.39, 0.29) is 5.91 Å². The highest BCUT2D eigenvalue weighted by molar-refractivity contribution is 7.98. The average molecular weight is 364 g/mol. The number of nitrogens with zero attached hydrogens (tertiary/aromatic N) is 1. The SMILES string of the molecule is Cc1nc(CSc2ccc(C(=O)NC(C)C(C)C(=O)O)cc2)cs1. The van der Waals surface area contributed by atoms with E-state index in [1.54, 1.807) is 49.1 Å². The van der Waals surface area contributed by atoms with Crippen molar-refractivity contribution in [3.63, 3.8) is 0 Å². The summed E-state index contributed by atoms with van der Waals surface area (Å²) in [4.78, 5) is 28.6. The van der Waals surface area contributed by atoms with Gasteiger partial charge in [-0.05, 0) is 45.0 Å². The Morgan fingerprint density at radius 2 is 1.96 bits per heavy atom. The topological polar surface area (TPSA) is 79.3 Å². The molecule has 2 rings (SSSR count). The van der Waals surface area contributed by atoms with Crippen LogP contribution in [-0.4, -0.2) is 28.0 Å². The number of rotatable bonds is 7. The van der Waals surface area contributed by atoms with E-state index in [1.807, 2.05) is 19.1 Å². The number of carboxylic acids is 1. The lowest BCUT2D eigenvalue weighted by Gasteiger charge is -2.17. The van der Waals surface area contributed by atoms with Crippen LogP contribution in [-0.2, 0) is 10.5 Å². The quantitative estimate of drug-likeness (QED) is 0.734. The number of aliphatic carboxylic acids is 1. The molecule has 2 atom stereocenters. The molecule has 0 radical (unpaired) electrons. The third-order valence-corrected chi connectivity index (χ3v) is 5.54. The number of aryl methyl sites for hydroxylation is 1. The van der Waals surface area contributed by atoms with Crippen molar-refractivity contribution in [1.29, 1.82) is 0 Å². The molecule has 1 aromatic heterocycles. The Labute approximate surface area is 149 Å². The van der Waals surface area contributed by atoms with E-state index in [9.17, 15) is 9.59 Å². The van der Waals surface area contributed by atoms with E-state index in [4.69, 9.17) is 5.11 Å². The molecule has 0 fully saturated rings. The third-order valence-electron chi connectivity index (χ3n) is 3.67. The normalized spacial score (nSPS) is 13.3. The van der Waals surface area contributed by atoms with Crippen molar-refractivity contribution in [2.75, 3.05) is 0 Å². The van der Waals surface area contributed by atoms with Gasteiger partial charge < -0.3 is 10.4 Å². The van der Waals surface area contributed by atoms with Gasteiger partial charge in [-0.1, -0.05) is 0 Å². The van der Waals surface area contributed by atoms with E-state index in [2.05, 4.69) is 15.7 Å². The molecule has 2 N–H and O–H groups in total. The fourth-order valence-electron chi connectivity index (χ4n) is 1.96. The summed E-state index contributed by atoms with van der Waals surface area (Å²) in [6.07, 6.45) is 0. The van der Waals surface area contributed by atoms with Crippen molar-refractivity contribution >= 4 is 35.0 Å². The number of amides is 1. The van der Waals surface area contributed by atoms with Crippen molar-refractivity contribution in [3.05, 3.63) is 45.9 Å². The molecule has 1 amide bonds. The second kappa shape index (κ2) is 8.30. The fourth-order valence-corrected chi connectivity index (χ4v) is 3.47. The zero-order valence-electron chi connectivity index (χ0n) is 13.8. The number of carbonyl (C=O) groups is 2. The van der Waals surface area contributed by atoms with Crippen LogP contribution in [0, 0.1) is 12.8 Å².